The number of aryl methyl sites for hydroxylation is 3. The van der Waals surface area contributed by atoms with Crippen LogP contribution in [0.5, 0.6) is 0 Å². The first-order valence-corrected chi connectivity index (χ1v) is 5.52. The minimum Gasteiger partial charge on any atom is -0.356 e. The summed E-state index contributed by atoms with van der Waals surface area (Å²) in [5.74, 6) is 0.874. The highest BCUT2D eigenvalue weighted by atomic mass is 16.5. The van der Waals surface area contributed by atoms with Crippen molar-refractivity contribution in [2.75, 3.05) is 0 Å². The van der Waals surface area contributed by atoms with Crippen LogP contribution >= 0.6 is 0 Å². The summed E-state index contributed by atoms with van der Waals surface area (Å²) in [5, 5.41) is 3.96. The molecule has 0 unspecified atom stereocenters. The van der Waals surface area contributed by atoms with Crippen LogP contribution in [0.2, 0.25) is 0 Å². The molecule has 0 spiro atoms. The van der Waals surface area contributed by atoms with E-state index < -0.39 is 0 Å². The molecule has 0 saturated carbocycles. The number of hydrogen-bond acceptors (Lipinski definition) is 2. The lowest BCUT2D eigenvalue weighted by molar-refractivity contribution is 0.426. The summed E-state index contributed by atoms with van der Waals surface area (Å²) in [4.78, 5) is 0. The maximum absolute atomic E-state index is 5.37. The van der Waals surface area contributed by atoms with Gasteiger partial charge in [0.05, 0.1) is 5.69 Å². The summed E-state index contributed by atoms with van der Waals surface area (Å²) in [6, 6.07) is 4.21. The van der Waals surface area contributed by atoms with Gasteiger partial charge < -0.3 is 4.52 Å². The third kappa shape index (κ3) is 1.64. The molecule has 2 aromatic rings. The van der Waals surface area contributed by atoms with Crippen molar-refractivity contribution in [3.63, 3.8) is 0 Å². The minimum atomic E-state index is 0.874. The van der Waals surface area contributed by atoms with Gasteiger partial charge >= 0.3 is 0 Å². The Bertz CT molecular complexity index is 512. The summed E-state index contributed by atoms with van der Waals surface area (Å²) in [6.45, 7) is 10.5. The van der Waals surface area contributed by atoms with Crippen LogP contribution in [0.1, 0.15) is 27.9 Å². The third-order valence-corrected chi connectivity index (χ3v) is 3.24. The zero-order valence-electron chi connectivity index (χ0n) is 10.5. The molecule has 0 saturated heterocycles. The molecule has 0 aliphatic rings. The fourth-order valence-corrected chi connectivity index (χ4v) is 2.07. The molecule has 1 aromatic carbocycles. The van der Waals surface area contributed by atoms with E-state index in [1.807, 2.05) is 13.0 Å². The van der Waals surface area contributed by atoms with Gasteiger partial charge in [0.1, 0.15) is 0 Å². The van der Waals surface area contributed by atoms with Gasteiger partial charge in [-0.15, -0.1) is 0 Å². The van der Waals surface area contributed by atoms with Gasteiger partial charge in [-0.05, 0) is 56.9 Å². The van der Waals surface area contributed by atoms with Gasteiger partial charge in [0.25, 0.3) is 0 Å². The fraction of sp³-hybridized carbons (Fsp3) is 0.357. The Morgan fingerprint density at radius 3 is 1.88 bits per heavy atom. The van der Waals surface area contributed by atoms with Gasteiger partial charge in [-0.2, -0.15) is 0 Å². The lowest BCUT2D eigenvalue weighted by atomic mass is 9.93. The van der Waals surface area contributed by atoms with E-state index in [2.05, 4.69) is 38.9 Å². The summed E-state index contributed by atoms with van der Waals surface area (Å²) in [7, 11) is 0. The molecule has 0 atom stereocenters. The van der Waals surface area contributed by atoms with E-state index >= 15 is 0 Å². The van der Waals surface area contributed by atoms with Crippen LogP contribution in [0.15, 0.2) is 16.7 Å². The largest absolute Gasteiger partial charge is 0.356 e. The molecule has 84 valence electrons. The summed E-state index contributed by atoms with van der Waals surface area (Å²) >= 11 is 0. The predicted octanol–water partition coefficient (Wildman–Crippen LogP) is 3.88. The topological polar surface area (TPSA) is 26.0 Å². The van der Waals surface area contributed by atoms with Crippen molar-refractivity contribution in [1.29, 1.82) is 0 Å². The number of benzene rings is 1. The van der Waals surface area contributed by atoms with E-state index in [4.69, 9.17) is 4.52 Å². The normalized spacial score (nSPS) is 10.8. The smallest absolute Gasteiger partial charge is 0.167 e. The Hall–Kier alpha value is -1.57. The van der Waals surface area contributed by atoms with Crippen molar-refractivity contribution in [2.24, 2.45) is 0 Å². The average molecular weight is 215 g/mol. The van der Waals surface area contributed by atoms with Gasteiger partial charge in [-0.25, -0.2) is 0 Å². The lowest BCUT2D eigenvalue weighted by Crippen LogP contribution is -1.94. The fourth-order valence-electron chi connectivity index (χ4n) is 2.07. The third-order valence-electron chi connectivity index (χ3n) is 3.24. The number of rotatable bonds is 1. The van der Waals surface area contributed by atoms with Gasteiger partial charge in [0.15, 0.2) is 5.76 Å². The summed E-state index contributed by atoms with van der Waals surface area (Å²) in [5.41, 5.74) is 7.27. The first-order valence-electron chi connectivity index (χ1n) is 5.52. The Kier molecular flexibility index (Phi) is 2.58. The molecule has 2 nitrogen and oxygen atoms in total. The first-order chi connectivity index (χ1) is 7.50. The zero-order valence-corrected chi connectivity index (χ0v) is 10.5. The van der Waals surface area contributed by atoms with Crippen molar-refractivity contribution in [3.05, 3.63) is 40.1 Å². The van der Waals surface area contributed by atoms with Crippen LogP contribution in [0.3, 0.4) is 0 Å². The van der Waals surface area contributed by atoms with Crippen LogP contribution < -0.4 is 0 Å². The quantitative estimate of drug-likeness (QED) is 0.721. The van der Waals surface area contributed by atoms with E-state index in [1.54, 1.807) is 0 Å². The zero-order chi connectivity index (χ0) is 11.9. The van der Waals surface area contributed by atoms with Crippen molar-refractivity contribution < 1.29 is 4.52 Å². The monoisotopic (exact) mass is 215 g/mol. The maximum Gasteiger partial charge on any atom is 0.167 e. The van der Waals surface area contributed by atoms with Crippen LogP contribution in [0, 0.1) is 34.6 Å². The van der Waals surface area contributed by atoms with Crippen molar-refractivity contribution in [3.8, 4) is 11.3 Å². The molecule has 0 N–H and O–H groups in total. The van der Waals surface area contributed by atoms with Crippen molar-refractivity contribution in [2.45, 2.75) is 34.6 Å². The molecule has 0 amide bonds. The van der Waals surface area contributed by atoms with E-state index in [9.17, 15) is 0 Å². The van der Waals surface area contributed by atoms with E-state index in [-0.39, 0.29) is 0 Å². The molecule has 0 bridgehead atoms. The van der Waals surface area contributed by atoms with E-state index in [0.717, 1.165) is 11.5 Å². The molecular weight excluding hydrogens is 198 g/mol. The Morgan fingerprint density at radius 1 is 0.875 bits per heavy atom. The van der Waals surface area contributed by atoms with Gasteiger partial charge in [-0.3, -0.25) is 0 Å². The lowest BCUT2D eigenvalue weighted by Gasteiger charge is -2.12. The molecule has 0 aliphatic heterocycles. The predicted molar refractivity (Wildman–Crippen MR) is 65.6 cm³/mol. The molecule has 16 heavy (non-hydrogen) atoms. The first kappa shape index (κ1) is 10.9. The number of aromatic nitrogens is 1. The SMILES string of the molecule is Cc1cc(-c2c(C)c(C)cc(C)c2C)on1. The van der Waals surface area contributed by atoms with Crippen LogP contribution in [-0.2, 0) is 0 Å². The standard InChI is InChI=1S/C14H17NO/c1-8-6-9(2)12(5)14(11(8)4)13-7-10(3)15-16-13/h6-7H,1-5H3. The Balaban J connectivity index is 2.73. The number of hydrogen-bond donors (Lipinski definition) is 0. The maximum atomic E-state index is 5.37. The summed E-state index contributed by atoms with van der Waals surface area (Å²) in [6.07, 6.45) is 0. The van der Waals surface area contributed by atoms with Gasteiger partial charge in [0, 0.05) is 11.6 Å². The second kappa shape index (κ2) is 3.78. The molecule has 2 rings (SSSR count). The molecule has 0 aliphatic carbocycles. The highest BCUT2D eigenvalue weighted by molar-refractivity contribution is 5.69. The van der Waals surface area contributed by atoms with Crippen LogP contribution in [-0.4, -0.2) is 5.16 Å². The molecule has 0 radical (unpaired) electrons. The molecule has 2 heteroatoms. The molecular formula is C14H17NO. The molecule has 1 aromatic heterocycles. The number of nitrogens with zero attached hydrogens (tertiary/aromatic N) is 1. The Labute approximate surface area is 96.3 Å². The van der Waals surface area contributed by atoms with E-state index in [1.165, 1.54) is 27.8 Å². The second-order valence-electron chi connectivity index (χ2n) is 4.47. The van der Waals surface area contributed by atoms with Crippen LogP contribution in [0.25, 0.3) is 11.3 Å². The van der Waals surface area contributed by atoms with E-state index in [0.29, 0.717) is 0 Å². The van der Waals surface area contributed by atoms with Gasteiger partial charge in [-0.1, -0.05) is 11.2 Å². The second-order valence-corrected chi connectivity index (χ2v) is 4.47. The highest BCUT2D eigenvalue weighted by Crippen LogP contribution is 2.31. The highest BCUT2D eigenvalue weighted by Gasteiger charge is 2.13. The summed E-state index contributed by atoms with van der Waals surface area (Å²) < 4.78 is 5.37. The van der Waals surface area contributed by atoms with Crippen molar-refractivity contribution in [1.82, 2.24) is 5.16 Å². The molecule has 1 heterocycles. The Morgan fingerprint density at radius 2 is 1.44 bits per heavy atom. The van der Waals surface area contributed by atoms with Crippen LogP contribution in [0.4, 0.5) is 0 Å². The van der Waals surface area contributed by atoms with Gasteiger partial charge in [0.2, 0.25) is 0 Å². The minimum absolute atomic E-state index is 0.874. The van der Waals surface area contributed by atoms with Crippen molar-refractivity contribution >= 4 is 0 Å². The molecule has 0 fully saturated rings. The average Bonchev–Trinajstić information content (AvgIpc) is 2.62.